The minimum atomic E-state index is -0.604. The van der Waals surface area contributed by atoms with E-state index in [0.717, 1.165) is 18.5 Å². The largest absolute Gasteiger partial charge is 0.370 e. The van der Waals surface area contributed by atoms with Crippen molar-refractivity contribution in [2.45, 2.75) is 57.0 Å². The first-order chi connectivity index (χ1) is 14.2. The molecule has 0 spiro atoms. The minimum absolute atomic E-state index is 0.0726. The molecule has 1 unspecified atom stereocenters. The van der Waals surface area contributed by atoms with Gasteiger partial charge in [0.05, 0.1) is 12.0 Å². The molecule has 2 aliphatic rings. The third-order valence-electron chi connectivity index (χ3n) is 5.57. The maximum Gasteiger partial charge on any atom is 0.228 e. The Bertz CT molecular complexity index is 896. The smallest absolute Gasteiger partial charge is 0.228 e. The van der Waals surface area contributed by atoms with Crippen LogP contribution in [-0.4, -0.2) is 28.3 Å². The number of carbonyl (C=O) groups is 1. The van der Waals surface area contributed by atoms with E-state index in [1.54, 1.807) is 0 Å². The first-order valence-electron chi connectivity index (χ1n) is 10.6. The van der Waals surface area contributed by atoms with Crippen LogP contribution in [0.3, 0.4) is 0 Å². The number of nitrogens with one attached hydrogen (secondary N) is 2. The van der Waals surface area contributed by atoms with Gasteiger partial charge in [0.15, 0.2) is 5.82 Å². The fourth-order valence-electron chi connectivity index (χ4n) is 3.68. The van der Waals surface area contributed by atoms with Crippen molar-refractivity contribution in [3.8, 4) is 0 Å². The van der Waals surface area contributed by atoms with E-state index in [-0.39, 0.29) is 12.3 Å². The zero-order chi connectivity index (χ0) is 20.1. The zero-order valence-corrected chi connectivity index (χ0v) is 17.0. The molecule has 152 valence electrons. The molecule has 1 saturated carbocycles. The van der Waals surface area contributed by atoms with Gasteiger partial charge in [0.25, 0.3) is 0 Å². The summed E-state index contributed by atoms with van der Waals surface area (Å²) in [5, 5.41) is 10.2. The number of hydrogen-bond acceptors (Lipinski definition) is 3. The molecule has 1 fully saturated rings. The molecule has 1 atom stereocenters. The number of allylic oxidation sites excluding steroid dienone is 2. The Hall–Kier alpha value is -2.66. The van der Waals surface area contributed by atoms with Crippen molar-refractivity contribution in [1.82, 2.24) is 10.2 Å². The maximum absolute atomic E-state index is 12.8. The molecule has 2 aliphatic carbocycles. The van der Waals surface area contributed by atoms with Gasteiger partial charge < -0.3 is 10.1 Å². The average Bonchev–Trinajstić information content (AvgIpc) is 3.49. The van der Waals surface area contributed by atoms with Crippen LogP contribution in [0.25, 0.3) is 5.57 Å². The summed E-state index contributed by atoms with van der Waals surface area (Å²) < 4.78 is 6.24. The zero-order valence-electron chi connectivity index (χ0n) is 17.0. The number of benzene rings is 1. The Morgan fingerprint density at radius 3 is 2.83 bits per heavy atom. The second-order valence-corrected chi connectivity index (χ2v) is 8.04. The lowest BCUT2D eigenvalue weighted by Gasteiger charge is -2.32. The molecule has 4 rings (SSSR count). The van der Waals surface area contributed by atoms with Gasteiger partial charge in [-0.25, -0.2) is 0 Å². The number of amides is 1. The van der Waals surface area contributed by atoms with Gasteiger partial charge in [-0.3, -0.25) is 9.89 Å². The van der Waals surface area contributed by atoms with Crippen LogP contribution in [0.15, 0.2) is 54.6 Å². The molecule has 2 aromatic rings. The first-order valence-corrected chi connectivity index (χ1v) is 10.6. The average molecular weight is 392 g/mol. The lowest BCUT2D eigenvalue weighted by atomic mass is 9.86. The van der Waals surface area contributed by atoms with E-state index < -0.39 is 5.60 Å². The van der Waals surface area contributed by atoms with Crippen molar-refractivity contribution in [3.05, 3.63) is 65.9 Å². The van der Waals surface area contributed by atoms with Gasteiger partial charge in [0.2, 0.25) is 5.91 Å². The SMILES string of the molecule is CCCCOC1(CC(=O)Nc2cc(C3CC3)[nH]n2)C=CC(c2ccccc2)=CC1. The highest BCUT2D eigenvalue weighted by Crippen LogP contribution is 2.39. The third kappa shape index (κ3) is 5.04. The quantitative estimate of drug-likeness (QED) is 0.576. The van der Waals surface area contributed by atoms with Crippen molar-refractivity contribution < 1.29 is 9.53 Å². The third-order valence-corrected chi connectivity index (χ3v) is 5.57. The van der Waals surface area contributed by atoms with Gasteiger partial charge in [-0.15, -0.1) is 0 Å². The summed E-state index contributed by atoms with van der Waals surface area (Å²) >= 11 is 0. The number of nitrogens with zero attached hydrogens (tertiary/aromatic N) is 1. The van der Waals surface area contributed by atoms with Crippen LogP contribution in [0.2, 0.25) is 0 Å². The molecule has 1 amide bonds. The lowest BCUT2D eigenvalue weighted by molar-refractivity contribution is -0.121. The number of rotatable bonds is 9. The Labute approximate surface area is 172 Å². The molecule has 29 heavy (non-hydrogen) atoms. The standard InChI is InChI=1S/C24H29N3O2/c1-2-3-15-29-24(13-11-19(12-14-24)18-7-5-4-6-8-18)17-23(28)25-22-16-21(26-27-22)20-9-10-20/h4-8,11-13,16,20H,2-3,9-10,14-15,17H2,1H3,(H2,25,26,27,28). The van der Waals surface area contributed by atoms with Crippen LogP contribution in [0, 0.1) is 0 Å². The lowest BCUT2D eigenvalue weighted by Crippen LogP contribution is -2.36. The Balaban J connectivity index is 1.43. The molecule has 1 heterocycles. The summed E-state index contributed by atoms with van der Waals surface area (Å²) in [6.07, 6.45) is 11.7. The van der Waals surface area contributed by atoms with Crippen LogP contribution < -0.4 is 5.32 Å². The van der Waals surface area contributed by atoms with Crippen molar-refractivity contribution >= 4 is 17.3 Å². The van der Waals surface area contributed by atoms with Crippen molar-refractivity contribution in [2.75, 3.05) is 11.9 Å². The topological polar surface area (TPSA) is 67.0 Å². The van der Waals surface area contributed by atoms with E-state index in [2.05, 4.69) is 52.8 Å². The number of H-pyrrole nitrogens is 1. The minimum Gasteiger partial charge on any atom is -0.370 e. The number of ether oxygens (including phenoxy) is 1. The predicted molar refractivity (Wildman–Crippen MR) is 116 cm³/mol. The number of anilines is 1. The number of unbranched alkanes of at least 4 members (excludes halogenated alkanes) is 1. The van der Waals surface area contributed by atoms with E-state index in [9.17, 15) is 4.79 Å². The molecule has 5 nitrogen and oxygen atoms in total. The van der Waals surface area contributed by atoms with Crippen LogP contribution >= 0.6 is 0 Å². The predicted octanol–water partition coefficient (Wildman–Crippen LogP) is 5.21. The monoisotopic (exact) mass is 391 g/mol. The Morgan fingerprint density at radius 1 is 1.31 bits per heavy atom. The number of aromatic amines is 1. The molecule has 2 N–H and O–H groups in total. The molecule has 0 bridgehead atoms. The number of carbonyl (C=O) groups excluding carboxylic acids is 1. The van der Waals surface area contributed by atoms with Gasteiger partial charge in [-0.2, -0.15) is 5.10 Å². The summed E-state index contributed by atoms with van der Waals surface area (Å²) in [5.41, 5.74) is 2.86. The molecule has 0 radical (unpaired) electrons. The van der Waals surface area contributed by atoms with Gasteiger partial charge in [-0.05, 0) is 36.8 Å². The summed E-state index contributed by atoms with van der Waals surface area (Å²) in [6, 6.07) is 12.2. The highest BCUT2D eigenvalue weighted by atomic mass is 16.5. The Morgan fingerprint density at radius 2 is 2.14 bits per heavy atom. The second-order valence-electron chi connectivity index (χ2n) is 8.04. The molecule has 1 aromatic heterocycles. The summed E-state index contributed by atoms with van der Waals surface area (Å²) in [6.45, 7) is 2.79. The van der Waals surface area contributed by atoms with Crippen molar-refractivity contribution in [2.24, 2.45) is 0 Å². The molecular formula is C24H29N3O2. The van der Waals surface area contributed by atoms with Gasteiger partial charge in [-0.1, -0.05) is 61.9 Å². The van der Waals surface area contributed by atoms with Crippen LogP contribution in [0.1, 0.15) is 62.6 Å². The van der Waals surface area contributed by atoms with Crippen LogP contribution in [0.4, 0.5) is 5.82 Å². The van der Waals surface area contributed by atoms with Gasteiger partial charge in [0.1, 0.15) is 0 Å². The van der Waals surface area contributed by atoms with Crippen molar-refractivity contribution in [1.29, 1.82) is 0 Å². The highest BCUT2D eigenvalue weighted by molar-refractivity contribution is 5.91. The number of aromatic nitrogens is 2. The van der Waals surface area contributed by atoms with Crippen LogP contribution in [0.5, 0.6) is 0 Å². The molecule has 1 aromatic carbocycles. The van der Waals surface area contributed by atoms with E-state index in [4.69, 9.17) is 4.74 Å². The summed E-state index contributed by atoms with van der Waals surface area (Å²) in [5.74, 6) is 1.11. The molecular weight excluding hydrogens is 362 g/mol. The van der Waals surface area contributed by atoms with Gasteiger partial charge in [0, 0.05) is 24.3 Å². The Kier molecular flexibility index (Phi) is 5.95. The van der Waals surface area contributed by atoms with E-state index in [1.807, 2.05) is 24.3 Å². The molecule has 5 heteroatoms. The highest BCUT2D eigenvalue weighted by Gasteiger charge is 2.33. The fourth-order valence-corrected chi connectivity index (χ4v) is 3.68. The summed E-state index contributed by atoms with van der Waals surface area (Å²) in [7, 11) is 0. The number of hydrogen-bond donors (Lipinski definition) is 2. The van der Waals surface area contributed by atoms with Crippen molar-refractivity contribution in [3.63, 3.8) is 0 Å². The van der Waals surface area contributed by atoms with E-state index >= 15 is 0 Å². The second kappa shape index (κ2) is 8.78. The van der Waals surface area contributed by atoms with E-state index in [1.165, 1.54) is 24.0 Å². The fraction of sp³-hybridized carbons (Fsp3) is 0.417. The summed E-state index contributed by atoms with van der Waals surface area (Å²) in [4.78, 5) is 12.8. The van der Waals surface area contributed by atoms with Crippen LogP contribution in [-0.2, 0) is 9.53 Å². The van der Waals surface area contributed by atoms with Gasteiger partial charge >= 0.3 is 0 Å². The first kappa shape index (κ1) is 19.6. The maximum atomic E-state index is 12.8. The molecule has 0 saturated heterocycles. The molecule has 0 aliphatic heterocycles. The normalized spacial score (nSPS) is 21.1. The van der Waals surface area contributed by atoms with E-state index in [0.29, 0.717) is 24.8 Å².